The van der Waals surface area contributed by atoms with E-state index in [1.54, 1.807) is 50.2 Å². The Morgan fingerprint density at radius 1 is 1.00 bits per heavy atom. The normalized spacial score (nSPS) is 16.7. The molecule has 32 heavy (non-hydrogen) atoms. The van der Waals surface area contributed by atoms with E-state index in [4.69, 9.17) is 9.47 Å². The number of hydrogen-bond acceptors (Lipinski definition) is 8. The zero-order chi connectivity index (χ0) is 23.3. The number of carbonyl (C=O) groups is 3. The second kappa shape index (κ2) is 9.52. The highest BCUT2D eigenvalue weighted by Crippen LogP contribution is 2.37. The summed E-state index contributed by atoms with van der Waals surface area (Å²) in [5.41, 5.74) is -1.51. The third-order valence-corrected chi connectivity index (χ3v) is 4.96. The predicted octanol–water partition coefficient (Wildman–Crippen LogP) is 2.91. The molecule has 0 fully saturated rings. The lowest BCUT2D eigenvalue weighted by Gasteiger charge is -2.26. The Kier molecular flexibility index (Phi) is 6.79. The van der Waals surface area contributed by atoms with Crippen LogP contribution in [0.3, 0.4) is 0 Å². The van der Waals surface area contributed by atoms with Crippen LogP contribution < -0.4 is 5.32 Å². The van der Waals surface area contributed by atoms with E-state index in [1.807, 2.05) is 0 Å². The molecule has 1 aliphatic rings. The Hall–Kier alpha value is -3.85. The van der Waals surface area contributed by atoms with Crippen LogP contribution in [0.2, 0.25) is 0 Å². The lowest BCUT2D eigenvalue weighted by molar-refractivity contribution is -0.384. The van der Waals surface area contributed by atoms with Crippen molar-refractivity contribution in [2.45, 2.75) is 25.4 Å². The minimum absolute atomic E-state index is 0.00104. The molecule has 0 radical (unpaired) electrons. The Morgan fingerprint density at radius 3 is 2.19 bits per heavy atom. The molecule has 9 heteroatoms. The number of hydrogen-bond donors (Lipinski definition) is 1. The van der Waals surface area contributed by atoms with E-state index in [-0.39, 0.29) is 24.5 Å². The number of nitro groups is 1. The molecular weight excluding hydrogens is 416 g/mol. The topological polar surface area (TPSA) is 125 Å². The van der Waals surface area contributed by atoms with Crippen LogP contribution in [0.25, 0.3) is 0 Å². The van der Waals surface area contributed by atoms with Gasteiger partial charge < -0.3 is 9.47 Å². The minimum atomic E-state index is -2.07. The van der Waals surface area contributed by atoms with E-state index in [0.717, 1.165) is 0 Å². The van der Waals surface area contributed by atoms with Crippen LogP contribution in [0.4, 0.5) is 5.69 Å². The van der Waals surface area contributed by atoms with Gasteiger partial charge in [0.2, 0.25) is 5.54 Å². The summed E-state index contributed by atoms with van der Waals surface area (Å²) < 4.78 is 10.2. The maximum absolute atomic E-state index is 13.4. The number of nitrogens with zero attached hydrogens (tertiary/aromatic N) is 1. The molecule has 0 bridgehead atoms. The third kappa shape index (κ3) is 4.28. The van der Waals surface area contributed by atoms with Crippen molar-refractivity contribution in [3.05, 3.63) is 87.5 Å². The molecule has 166 valence electrons. The number of ether oxygens (including phenoxy) is 2. The molecule has 1 N–H and O–H groups in total. The molecule has 9 nitrogen and oxygen atoms in total. The van der Waals surface area contributed by atoms with Crippen molar-refractivity contribution in [1.29, 1.82) is 0 Å². The molecule has 0 aromatic heterocycles. The minimum Gasteiger partial charge on any atom is -0.464 e. The van der Waals surface area contributed by atoms with Gasteiger partial charge in [-0.3, -0.25) is 20.2 Å². The second-order valence-corrected chi connectivity index (χ2v) is 6.97. The predicted molar refractivity (Wildman–Crippen MR) is 114 cm³/mol. The fourth-order valence-corrected chi connectivity index (χ4v) is 3.51. The molecule has 0 spiro atoms. The first-order valence-corrected chi connectivity index (χ1v) is 10.0. The van der Waals surface area contributed by atoms with Crippen LogP contribution in [0.5, 0.6) is 0 Å². The number of benzene rings is 2. The summed E-state index contributed by atoms with van der Waals surface area (Å²) in [6.45, 7) is 3.17. The maximum atomic E-state index is 13.4. The summed E-state index contributed by atoms with van der Waals surface area (Å²) in [4.78, 5) is 49.8. The molecular formula is C23H22N2O7. The Balaban J connectivity index is 2.17. The van der Waals surface area contributed by atoms with Gasteiger partial charge in [-0.05, 0) is 25.5 Å². The number of Topliss-reactive ketones (excluding diaryl/α,β-unsaturated/α-hetero) is 1. The van der Waals surface area contributed by atoms with Crippen LogP contribution in [0, 0.1) is 10.1 Å². The second-order valence-electron chi connectivity index (χ2n) is 6.97. The largest absolute Gasteiger partial charge is 0.464 e. The van der Waals surface area contributed by atoms with Gasteiger partial charge in [0.15, 0.2) is 5.78 Å². The lowest BCUT2D eigenvalue weighted by Crippen LogP contribution is -2.56. The Morgan fingerprint density at radius 2 is 1.62 bits per heavy atom. The van der Waals surface area contributed by atoms with Gasteiger partial charge >= 0.3 is 11.9 Å². The third-order valence-electron chi connectivity index (χ3n) is 4.96. The van der Waals surface area contributed by atoms with Gasteiger partial charge in [0.25, 0.3) is 5.69 Å². The Bertz CT molecular complexity index is 1060. The Labute approximate surface area is 184 Å². The van der Waals surface area contributed by atoms with Crippen molar-refractivity contribution in [2.24, 2.45) is 0 Å². The number of esters is 2. The van der Waals surface area contributed by atoms with Crippen LogP contribution in [0.1, 0.15) is 35.8 Å². The van der Waals surface area contributed by atoms with Crippen molar-refractivity contribution < 1.29 is 28.8 Å². The molecule has 2 aromatic carbocycles. The highest BCUT2D eigenvalue weighted by molar-refractivity contribution is 6.15. The van der Waals surface area contributed by atoms with Gasteiger partial charge in [0, 0.05) is 23.3 Å². The fourth-order valence-electron chi connectivity index (χ4n) is 3.51. The van der Waals surface area contributed by atoms with Gasteiger partial charge in [-0.2, -0.15) is 0 Å². The molecule has 1 aliphatic heterocycles. The molecule has 1 heterocycles. The molecule has 0 amide bonds. The van der Waals surface area contributed by atoms with Crippen LogP contribution >= 0.6 is 0 Å². The van der Waals surface area contributed by atoms with Crippen molar-refractivity contribution in [2.75, 3.05) is 13.2 Å². The highest BCUT2D eigenvalue weighted by atomic mass is 16.6. The summed E-state index contributed by atoms with van der Waals surface area (Å²) in [6.07, 6.45) is 1.21. The first-order chi connectivity index (χ1) is 15.3. The van der Waals surface area contributed by atoms with Gasteiger partial charge in [-0.15, -0.1) is 0 Å². The smallest absolute Gasteiger partial charge is 0.342 e. The molecule has 0 aliphatic carbocycles. The van der Waals surface area contributed by atoms with E-state index in [9.17, 15) is 24.5 Å². The van der Waals surface area contributed by atoms with Crippen molar-refractivity contribution >= 4 is 23.4 Å². The van der Waals surface area contributed by atoms with Crippen molar-refractivity contribution in [3.8, 4) is 0 Å². The average molecular weight is 438 g/mol. The van der Waals surface area contributed by atoms with Crippen LogP contribution in [-0.2, 0) is 19.1 Å². The van der Waals surface area contributed by atoms with E-state index in [1.165, 1.54) is 24.3 Å². The fraction of sp³-hybridized carbons (Fsp3) is 0.261. The van der Waals surface area contributed by atoms with Crippen LogP contribution in [0.15, 0.2) is 66.2 Å². The van der Waals surface area contributed by atoms with E-state index in [2.05, 4.69) is 5.32 Å². The summed E-state index contributed by atoms with van der Waals surface area (Å²) in [6, 6.07) is 13.0. The van der Waals surface area contributed by atoms with E-state index < -0.39 is 34.2 Å². The molecule has 0 saturated heterocycles. The van der Waals surface area contributed by atoms with Gasteiger partial charge in [0.1, 0.15) is 0 Å². The molecule has 1 atom stereocenters. The van der Waals surface area contributed by atoms with E-state index in [0.29, 0.717) is 11.1 Å². The molecule has 2 aromatic rings. The molecule has 0 unspecified atom stereocenters. The first-order valence-electron chi connectivity index (χ1n) is 10.0. The van der Waals surface area contributed by atoms with Crippen molar-refractivity contribution in [3.63, 3.8) is 0 Å². The zero-order valence-corrected chi connectivity index (χ0v) is 17.6. The van der Waals surface area contributed by atoms with Crippen molar-refractivity contribution in [1.82, 2.24) is 5.32 Å². The highest BCUT2D eigenvalue weighted by Gasteiger charge is 2.54. The standard InChI is InChI=1S/C23H22N2O7/c1-3-31-21(27)23(22(28)32-4-2)14-18(20(26)15-9-6-5-7-10-15)19(24-23)16-11-8-12-17(13-16)25(29)30/h5-14,19,24H,3-4H2,1-2H3/t19-/m0/s1. The number of non-ortho nitro benzene ring substituents is 1. The van der Waals surface area contributed by atoms with Gasteiger partial charge in [0.05, 0.1) is 24.2 Å². The summed E-state index contributed by atoms with van der Waals surface area (Å²) in [5, 5.41) is 14.1. The summed E-state index contributed by atoms with van der Waals surface area (Å²) in [7, 11) is 0. The number of nitro benzene ring substituents is 1. The maximum Gasteiger partial charge on any atom is 0.342 e. The average Bonchev–Trinajstić information content (AvgIpc) is 3.22. The lowest BCUT2D eigenvalue weighted by atomic mass is 9.93. The monoisotopic (exact) mass is 438 g/mol. The van der Waals surface area contributed by atoms with E-state index >= 15 is 0 Å². The summed E-state index contributed by atoms with van der Waals surface area (Å²) >= 11 is 0. The molecule has 0 saturated carbocycles. The quantitative estimate of drug-likeness (QED) is 0.219. The number of rotatable bonds is 8. The summed E-state index contributed by atoms with van der Waals surface area (Å²) in [5.74, 6) is -2.29. The molecule has 3 rings (SSSR count). The number of nitrogens with one attached hydrogen (secondary N) is 1. The number of carbonyl (C=O) groups excluding carboxylic acids is 3. The zero-order valence-electron chi connectivity index (χ0n) is 17.6. The van der Waals surface area contributed by atoms with Gasteiger partial charge in [-0.25, -0.2) is 9.59 Å². The van der Waals surface area contributed by atoms with Gasteiger partial charge in [-0.1, -0.05) is 42.5 Å². The SMILES string of the molecule is CCOC(=O)C1(C(=O)OCC)C=C(C(=O)c2ccccc2)[C@H](c2cccc([N+](=O)[O-])c2)N1. The van der Waals surface area contributed by atoms with Crippen LogP contribution in [-0.4, -0.2) is 41.4 Å². The first kappa shape index (κ1) is 22.8. The number of ketones is 1.